The van der Waals surface area contributed by atoms with Crippen LogP contribution in [0.1, 0.15) is 33.7 Å². The number of carbonyl (C=O) groups is 1. The molecule has 1 fully saturated rings. The highest BCUT2D eigenvalue weighted by molar-refractivity contribution is 5.96. The molecule has 186 valence electrons. The van der Waals surface area contributed by atoms with Gasteiger partial charge in [0.25, 0.3) is 5.91 Å². The number of nitrogen functional groups attached to an aromatic ring is 1. The van der Waals surface area contributed by atoms with Gasteiger partial charge in [-0.2, -0.15) is 4.98 Å². The van der Waals surface area contributed by atoms with Gasteiger partial charge in [-0.3, -0.25) is 9.78 Å². The van der Waals surface area contributed by atoms with Crippen LogP contribution < -0.4 is 15.8 Å². The molecule has 0 aliphatic carbocycles. The van der Waals surface area contributed by atoms with E-state index in [-0.39, 0.29) is 29.9 Å². The van der Waals surface area contributed by atoms with Gasteiger partial charge in [-0.1, -0.05) is 0 Å². The molecule has 1 aliphatic heterocycles. The predicted octanol–water partition coefficient (Wildman–Crippen LogP) is 3.37. The number of amides is 1. The van der Waals surface area contributed by atoms with Crippen molar-refractivity contribution in [2.24, 2.45) is 0 Å². The van der Waals surface area contributed by atoms with E-state index in [4.69, 9.17) is 15.2 Å². The van der Waals surface area contributed by atoms with Crippen LogP contribution in [-0.4, -0.2) is 44.8 Å². The number of halogens is 2. The lowest BCUT2D eigenvalue weighted by Crippen LogP contribution is -2.25. The normalized spacial score (nSPS) is 15.4. The molecular formula is C25H24F2N6O3. The largest absolute Gasteiger partial charge is 0.484 e. The maximum Gasteiger partial charge on any atom is 0.253 e. The highest BCUT2D eigenvalue weighted by Gasteiger charge is 2.23. The Bertz CT molecular complexity index is 1470. The standard InChI is InChI=1S/C25H24F2N6O3/c1-13-19(15-3-5-33-22(8-15)31-25(28)32-33)10-20(14(2)30-13)24(34)29-11-16-7-17(26)9-21(27)23(16)36-18-4-6-35-12-18/h3,5,7-10,18H,4,6,11-12H2,1-2H3,(H2,28,32)(H,29,34)/t18-/m0/s1. The molecule has 1 atom stereocenters. The van der Waals surface area contributed by atoms with Crippen LogP contribution in [-0.2, 0) is 11.3 Å². The highest BCUT2D eigenvalue weighted by atomic mass is 19.1. The second kappa shape index (κ2) is 9.50. The Balaban J connectivity index is 1.40. The van der Waals surface area contributed by atoms with Gasteiger partial charge in [0.05, 0.1) is 24.5 Å². The van der Waals surface area contributed by atoms with Crippen molar-refractivity contribution in [3.8, 4) is 16.9 Å². The number of fused-ring (bicyclic) bond motifs is 1. The fourth-order valence-corrected chi connectivity index (χ4v) is 4.23. The number of anilines is 1. The van der Waals surface area contributed by atoms with Gasteiger partial charge in [0.2, 0.25) is 5.95 Å². The number of nitrogens with one attached hydrogen (secondary N) is 1. The molecule has 1 aromatic carbocycles. The molecule has 0 spiro atoms. The summed E-state index contributed by atoms with van der Waals surface area (Å²) >= 11 is 0. The summed E-state index contributed by atoms with van der Waals surface area (Å²) in [4.78, 5) is 21.8. The van der Waals surface area contributed by atoms with Crippen LogP contribution in [0.25, 0.3) is 16.8 Å². The number of ether oxygens (including phenoxy) is 2. The van der Waals surface area contributed by atoms with Gasteiger partial charge in [-0.25, -0.2) is 13.3 Å². The monoisotopic (exact) mass is 494 g/mol. The van der Waals surface area contributed by atoms with Crippen molar-refractivity contribution < 1.29 is 23.0 Å². The van der Waals surface area contributed by atoms with E-state index < -0.39 is 17.5 Å². The summed E-state index contributed by atoms with van der Waals surface area (Å²) in [5.74, 6) is -1.96. The number of hydrogen-bond acceptors (Lipinski definition) is 7. The number of rotatable bonds is 6. The number of pyridine rings is 2. The minimum Gasteiger partial charge on any atom is -0.484 e. The van der Waals surface area contributed by atoms with E-state index >= 15 is 0 Å². The van der Waals surface area contributed by atoms with Crippen molar-refractivity contribution in [1.82, 2.24) is 24.9 Å². The minimum absolute atomic E-state index is 0.0903. The number of nitrogens with two attached hydrogens (primary N) is 1. The quantitative estimate of drug-likeness (QED) is 0.422. The third-order valence-electron chi connectivity index (χ3n) is 6.01. The van der Waals surface area contributed by atoms with Gasteiger partial charge in [-0.05, 0) is 43.7 Å². The molecule has 3 N–H and O–H groups in total. The zero-order valence-electron chi connectivity index (χ0n) is 19.7. The van der Waals surface area contributed by atoms with Crippen LogP contribution in [0.15, 0.2) is 36.5 Å². The lowest BCUT2D eigenvalue weighted by molar-refractivity contribution is 0.0948. The fraction of sp³-hybridized carbons (Fsp3) is 0.280. The summed E-state index contributed by atoms with van der Waals surface area (Å²) < 4.78 is 41.1. The Morgan fingerprint density at radius 3 is 2.83 bits per heavy atom. The summed E-state index contributed by atoms with van der Waals surface area (Å²) in [7, 11) is 0. The van der Waals surface area contributed by atoms with Crippen molar-refractivity contribution in [2.75, 3.05) is 18.9 Å². The zero-order chi connectivity index (χ0) is 25.4. The van der Waals surface area contributed by atoms with Crippen LogP contribution in [0.2, 0.25) is 0 Å². The summed E-state index contributed by atoms with van der Waals surface area (Å²) in [5.41, 5.74) is 9.53. The van der Waals surface area contributed by atoms with Crippen LogP contribution in [0.4, 0.5) is 14.7 Å². The predicted molar refractivity (Wildman–Crippen MR) is 127 cm³/mol. The summed E-state index contributed by atoms with van der Waals surface area (Å²) in [5, 5.41) is 6.81. The maximum absolute atomic E-state index is 14.5. The van der Waals surface area contributed by atoms with Gasteiger partial charge in [-0.15, -0.1) is 5.10 Å². The molecule has 0 unspecified atom stereocenters. The average Bonchev–Trinajstić information content (AvgIpc) is 3.47. The summed E-state index contributed by atoms with van der Waals surface area (Å²) in [6.45, 7) is 4.28. The molecule has 11 heteroatoms. The van der Waals surface area contributed by atoms with Crippen LogP contribution >= 0.6 is 0 Å². The number of hydrogen-bond donors (Lipinski definition) is 2. The lowest BCUT2D eigenvalue weighted by atomic mass is 10.0. The zero-order valence-corrected chi connectivity index (χ0v) is 19.7. The molecule has 5 rings (SSSR count). The molecule has 0 bridgehead atoms. The molecule has 1 saturated heterocycles. The van der Waals surface area contributed by atoms with Crippen molar-refractivity contribution in [2.45, 2.75) is 32.9 Å². The molecule has 36 heavy (non-hydrogen) atoms. The molecule has 9 nitrogen and oxygen atoms in total. The van der Waals surface area contributed by atoms with E-state index in [0.717, 1.165) is 29.0 Å². The smallest absolute Gasteiger partial charge is 0.253 e. The molecule has 0 saturated carbocycles. The van der Waals surface area contributed by atoms with Crippen LogP contribution in [0.3, 0.4) is 0 Å². The third kappa shape index (κ3) is 4.69. The van der Waals surface area contributed by atoms with E-state index in [1.807, 2.05) is 13.0 Å². The van der Waals surface area contributed by atoms with Gasteiger partial charge < -0.3 is 20.5 Å². The maximum atomic E-state index is 14.5. The molecule has 0 radical (unpaired) electrons. The van der Waals surface area contributed by atoms with Gasteiger partial charge >= 0.3 is 0 Å². The molecule has 1 amide bonds. The number of aromatic nitrogens is 4. The second-order valence-electron chi connectivity index (χ2n) is 8.60. The van der Waals surface area contributed by atoms with Crippen molar-refractivity contribution in [1.29, 1.82) is 0 Å². The third-order valence-corrected chi connectivity index (χ3v) is 6.01. The van der Waals surface area contributed by atoms with Crippen molar-refractivity contribution in [3.63, 3.8) is 0 Å². The number of carbonyl (C=O) groups excluding carboxylic acids is 1. The molecule has 4 aromatic rings. The topological polar surface area (TPSA) is 117 Å². The Kier molecular flexibility index (Phi) is 6.23. The Labute approximate surface area is 205 Å². The number of nitrogens with zero attached hydrogens (tertiary/aromatic N) is 4. The first-order chi connectivity index (χ1) is 17.3. The van der Waals surface area contributed by atoms with E-state index in [1.165, 1.54) is 0 Å². The molecular weight excluding hydrogens is 470 g/mol. The van der Waals surface area contributed by atoms with E-state index in [0.29, 0.717) is 36.5 Å². The molecule has 1 aliphatic rings. The van der Waals surface area contributed by atoms with Gasteiger partial charge in [0.1, 0.15) is 11.9 Å². The Morgan fingerprint density at radius 2 is 2.06 bits per heavy atom. The van der Waals surface area contributed by atoms with Crippen LogP contribution in [0.5, 0.6) is 5.75 Å². The van der Waals surface area contributed by atoms with Gasteiger partial charge in [0.15, 0.2) is 17.2 Å². The average molecular weight is 495 g/mol. The molecule has 4 heterocycles. The number of benzene rings is 1. The van der Waals surface area contributed by atoms with E-state index in [1.54, 1.807) is 29.8 Å². The summed E-state index contributed by atoms with van der Waals surface area (Å²) in [6.07, 6.45) is 2.00. The SMILES string of the molecule is Cc1nc(C)c(-c2ccn3nc(N)nc3c2)cc1C(=O)NCc1cc(F)cc(F)c1O[C@H]1CCOC1. The lowest BCUT2D eigenvalue weighted by Gasteiger charge is -2.17. The minimum atomic E-state index is -0.828. The first-order valence-corrected chi connectivity index (χ1v) is 11.4. The second-order valence-corrected chi connectivity index (χ2v) is 8.60. The Morgan fingerprint density at radius 1 is 1.22 bits per heavy atom. The fourth-order valence-electron chi connectivity index (χ4n) is 4.23. The van der Waals surface area contributed by atoms with Crippen molar-refractivity contribution in [3.05, 3.63) is 70.7 Å². The van der Waals surface area contributed by atoms with E-state index in [9.17, 15) is 13.6 Å². The van der Waals surface area contributed by atoms with Crippen LogP contribution in [0, 0.1) is 25.5 Å². The first kappa shape index (κ1) is 23.6. The van der Waals surface area contributed by atoms with Gasteiger partial charge in [0, 0.05) is 42.0 Å². The molecule has 3 aromatic heterocycles. The number of aryl methyl sites for hydroxylation is 2. The highest BCUT2D eigenvalue weighted by Crippen LogP contribution is 2.28. The van der Waals surface area contributed by atoms with Crippen molar-refractivity contribution >= 4 is 17.5 Å². The first-order valence-electron chi connectivity index (χ1n) is 11.4. The van der Waals surface area contributed by atoms with E-state index in [2.05, 4.69) is 20.4 Å². The Hall–Kier alpha value is -4.12. The summed E-state index contributed by atoms with van der Waals surface area (Å²) in [6, 6.07) is 7.28.